The normalized spacial score (nSPS) is 12.5. The second-order valence-corrected chi connectivity index (χ2v) is 6.62. The van der Waals surface area contributed by atoms with Crippen LogP contribution >= 0.6 is 0 Å². The number of nitrogens with one attached hydrogen (secondary N) is 2. The number of aryl methyl sites for hydroxylation is 2. The summed E-state index contributed by atoms with van der Waals surface area (Å²) in [6, 6.07) is 13.3. The predicted octanol–water partition coefficient (Wildman–Crippen LogP) is 2.97. The molecule has 7 heteroatoms. The van der Waals surface area contributed by atoms with Crippen molar-refractivity contribution in [1.82, 2.24) is 5.32 Å². The molecule has 2 atom stereocenters. The zero-order valence-corrected chi connectivity index (χ0v) is 16.2. The molecular weight excluding hydrogens is 358 g/mol. The van der Waals surface area contributed by atoms with Gasteiger partial charge in [-0.25, -0.2) is 4.79 Å². The van der Waals surface area contributed by atoms with Gasteiger partial charge in [0.1, 0.15) is 0 Å². The molecular formula is C21H25N3O4. The van der Waals surface area contributed by atoms with E-state index in [1.54, 1.807) is 24.3 Å². The molecule has 0 aliphatic rings. The molecule has 0 spiro atoms. The Morgan fingerprint density at radius 1 is 1.07 bits per heavy atom. The van der Waals surface area contributed by atoms with Gasteiger partial charge < -0.3 is 21.1 Å². The second-order valence-electron chi connectivity index (χ2n) is 6.62. The van der Waals surface area contributed by atoms with Gasteiger partial charge in [-0.05, 0) is 43.5 Å². The van der Waals surface area contributed by atoms with Crippen LogP contribution in [0.15, 0.2) is 48.5 Å². The summed E-state index contributed by atoms with van der Waals surface area (Å²) < 4.78 is 5.24. The lowest BCUT2D eigenvalue weighted by Gasteiger charge is -2.19. The van der Waals surface area contributed by atoms with Crippen molar-refractivity contribution in [3.8, 4) is 0 Å². The van der Waals surface area contributed by atoms with E-state index >= 15 is 0 Å². The molecule has 0 aliphatic heterocycles. The fourth-order valence-corrected chi connectivity index (χ4v) is 2.68. The summed E-state index contributed by atoms with van der Waals surface area (Å²) in [6.45, 7) is 5.30. The van der Waals surface area contributed by atoms with Crippen molar-refractivity contribution in [2.24, 2.45) is 5.73 Å². The van der Waals surface area contributed by atoms with Crippen molar-refractivity contribution in [2.45, 2.75) is 39.3 Å². The van der Waals surface area contributed by atoms with E-state index in [0.717, 1.165) is 11.1 Å². The van der Waals surface area contributed by atoms with Gasteiger partial charge in [0.05, 0.1) is 12.5 Å². The van der Waals surface area contributed by atoms with E-state index in [1.807, 2.05) is 38.1 Å². The van der Waals surface area contributed by atoms with Crippen molar-refractivity contribution in [3.05, 3.63) is 65.2 Å². The third-order valence-electron chi connectivity index (χ3n) is 4.22. The molecule has 4 N–H and O–H groups in total. The molecule has 0 fully saturated rings. The Morgan fingerprint density at radius 3 is 2.39 bits per heavy atom. The molecule has 2 rings (SSSR count). The molecule has 7 nitrogen and oxygen atoms in total. The van der Waals surface area contributed by atoms with Crippen LogP contribution in [-0.2, 0) is 14.3 Å². The smallest absolute Gasteiger partial charge is 0.312 e. The molecule has 0 aromatic heterocycles. The summed E-state index contributed by atoms with van der Waals surface area (Å²) >= 11 is 0. The molecule has 0 aliphatic carbocycles. The van der Waals surface area contributed by atoms with E-state index < -0.39 is 30.1 Å². The highest BCUT2D eigenvalue weighted by molar-refractivity contribution is 5.95. The van der Waals surface area contributed by atoms with E-state index in [1.165, 1.54) is 6.92 Å². The van der Waals surface area contributed by atoms with Crippen LogP contribution in [0.2, 0.25) is 0 Å². The van der Waals surface area contributed by atoms with Gasteiger partial charge in [0, 0.05) is 5.69 Å². The number of hydrogen-bond donors (Lipinski definition) is 3. The van der Waals surface area contributed by atoms with Gasteiger partial charge in [0.2, 0.25) is 0 Å². The van der Waals surface area contributed by atoms with Crippen molar-refractivity contribution < 1.29 is 19.1 Å². The Labute approximate surface area is 164 Å². The third-order valence-corrected chi connectivity index (χ3v) is 4.22. The topological polar surface area (TPSA) is 111 Å². The maximum absolute atomic E-state index is 12.4. The Balaban J connectivity index is 1.98. The van der Waals surface area contributed by atoms with Gasteiger partial charge in [-0.15, -0.1) is 0 Å². The summed E-state index contributed by atoms with van der Waals surface area (Å²) in [5.41, 5.74) is 8.50. The Kier molecular flexibility index (Phi) is 7.14. The van der Waals surface area contributed by atoms with Crippen LogP contribution in [-0.4, -0.2) is 24.0 Å². The van der Waals surface area contributed by atoms with Crippen LogP contribution < -0.4 is 16.4 Å². The quantitative estimate of drug-likeness (QED) is 0.638. The maximum Gasteiger partial charge on any atom is 0.312 e. The van der Waals surface area contributed by atoms with Crippen molar-refractivity contribution in [2.75, 3.05) is 5.32 Å². The number of urea groups is 1. The van der Waals surface area contributed by atoms with Crippen LogP contribution in [0.3, 0.4) is 0 Å². The molecule has 2 aromatic carbocycles. The minimum absolute atomic E-state index is 0.145. The molecule has 0 saturated heterocycles. The first-order chi connectivity index (χ1) is 13.3. The number of esters is 1. The van der Waals surface area contributed by atoms with Gasteiger partial charge in [-0.2, -0.15) is 0 Å². The van der Waals surface area contributed by atoms with E-state index in [0.29, 0.717) is 11.3 Å². The number of benzene rings is 2. The van der Waals surface area contributed by atoms with Crippen molar-refractivity contribution in [1.29, 1.82) is 0 Å². The fraction of sp³-hybridized carbons (Fsp3) is 0.286. The lowest BCUT2D eigenvalue weighted by Crippen LogP contribution is -2.36. The highest BCUT2D eigenvalue weighted by atomic mass is 16.5. The summed E-state index contributed by atoms with van der Waals surface area (Å²) in [5, 5.41) is 5.29. The predicted molar refractivity (Wildman–Crippen MR) is 107 cm³/mol. The average molecular weight is 383 g/mol. The number of anilines is 1. The first-order valence-corrected chi connectivity index (χ1v) is 8.94. The number of amides is 3. The number of primary amides is 1. The maximum atomic E-state index is 12.4. The fourth-order valence-electron chi connectivity index (χ4n) is 2.68. The van der Waals surface area contributed by atoms with Gasteiger partial charge in [0.25, 0.3) is 5.91 Å². The van der Waals surface area contributed by atoms with Crippen molar-refractivity contribution >= 4 is 23.6 Å². The van der Waals surface area contributed by atoms with Gasteiger partial charge >= 0.3 is 12.0 Å². The molecule has 0 bridgehead atoms. The Hall–Kier alpha value is -3.35. The van der Waals surface area contributed by atoms with Crippen LogP contribution in [0.25, 0.3) is 0 Å². The minimum Gasteiger partial charge on any atom is -0.452 e. The van der Waals surface area contributed by atoms with Crippen LogP contribution in [0.5, 0.6) is 0 Å². The number of nitrogens with two attached hydrogens (primary N) is 1. The minimum atomic E-state index is -0.989. The van der Waals surface area contributed by atoms with Crippen LogP contribution in [0.1, 0.15) is 36.1 Å². The zero-order valence-electron chi connectivity index (χ0n) is 16.2. The van der Waals surface area contributed by atoms with Crippen LogP contribution in [0, 0.1) is 13.8 Å². The number of ether oxygens (including phenoxy) is 1. The zero-order chi connectivity index (χ0) is 20.7. The summed E-state index contributed by atoms with van der Waals surface area (Å²) in [4.78, 5) is 35.9. The number of hydrogen-bond acceptors (Lipinski definition) is 4. The lowest BCUT2D eigenvalue weighted by molar-refractivity contribution is -0.153. The highest BCUT2D eigenvalue weighted by Gasteiger charge is 2.23. The Morgan fingerprint density at radius 2 is 1.75 bits per heavy atom. The van der Waals surface area contributed by atoms with Gasteiger partial charge in [-0.3, -0.25) is 9.59 Å². The summed E-state index contributed by atoms with van der Waals surface area (Å²) in [5.74, 6) is -1.05. The first kappa shape index (κ1) is 21.0. The molecule has 0 heterocycles. The molecule has 2 aromatic rings. The summed E-state index contributed by atoms with van der Waals surface area (Å²) in [7, 11) is 0. The summed E-state index contributed by atoms with van der Waals surface area (Å²) in [6.07, 6.45) is -1.13. The number of carbonyl (C=O) groups excluding carboxylic acids is 3. The van der Waals surface area contributed by atoms with E-state index in [-0.39, 0.29) is 6.42 Å². The monoisotopic (exact) mass is 383 g/mol. The SMILES string of the molecule is Cc1ccc(C)c(NC(=O)[C@@H](C)OC(=O)C[C@H](NC(N)=O)c2ccccc2)c1. The Bertz CT molecular complexity index is 852. The first-order valence-electron chi connectivity index (χ1n) is 8.94. The standard InChI is InChI=1S/C21H25N3O4/c1-13-9-10-14(2)17(11-13)23-20(26)15(3)28-19(25)12-18(24-21(22)27)16-7-5-4-6-8-16/h4-11,15,18H,12H2,1-3H3,(H,23,26)(H3,22,24,27)/t15-,18+/m1/s1. The van der Waals surface area contributed by atoms with Crippen molar-refractivity contribution in [3.63, 3.8) is 0 Å². The van der Waals surface area contributed by atoms with Gasteiger partial charge in [-0.1, -0.05) is 42.5 Å². The highest BCUT2D eigenvalue weighted by Crippen LogP contribution is 2.19. The van der Waals surface area contributed by atoms with Gasteiger partial charge in [0.15, 0.2) is 6.10 Å². The molecule has 3 amide bonds. The van der Waals surface area contributed by atoms with E-state index in [9.17, 15) is 14.4 Å². The molecule has 28 heavy (non-hydrogen) atoms. The van der Waals surface area contributed by atoms with Crippen LogP contribution in [0.4, 0.5) is 10.5 Å². The van der Waals surface area contributed by atoms with E-state index in [2.05, 4.69) is 10.6 Å². The average Bonchev–Trinajstić information content (AvgIpc) is 2.64. The second kappa shape index (κ2) is 9.55. The lowest BCUT2D eigenvalue weighted by atomic mass is 10.0. The molecule has 0 unspecified atom stereocenters. The third kappa shape index (κ3) is 6.12. The number of rotatable bonds is 7. The van der Waals surface area contributed by atoms with E-state index in [4.69, 9.17) is 10.5 Å². The molecule has 0 radical (unpaired) electrons. The molecule has 148 valence electrons. The largest absolute Gasteiger partial charge is 0.452 e. The number of carbonyl (C=O) groups is 3. The molecule has 0 saturated carbocycles.